The van der Waals surface area contributed by atoms with E-state index in [2.05, 4.69) is 38.4 Å². The molecule has 18 heavy (non-hydrogen) atoms. The second-order valence-electron chi connectivity index (χ2n) is 4.08. The Morgan fingerprint density at radius 2 is 1.94 bits per heavy atom. The number of rotatable bonds is 2. The van der Waals surface area contributed by atoms with E-state index in [-0.39, 0.29) is 6.04 Å². The van der Waals surface area contributed by atoms with Gasteiger partial charge in [-0.1, -0.05) is 24.3 Å². The van der Waals surface area contributed by atoms with Crippen molar-refractivity contribution in [3.05, 3.63) is 62.9 Å². The molecule has 0 fully saturated rings. The summed E-state index contributed by atoms with van der Waals surface area (Å²) in [6, 6.07) is 11.9. The lowest BCUT2D eigenvalue weighted by Gasteiger charge is -2.11. The second kappa shape index (κ2) is 4.80. The molecule has 0 radical (unpaired) electrons. The Hall–Kier alpha value is -1.23. The van der Waals surface area contributed by atoms with Gasteiger partial charge in [-0.2, -0.15) is 11.3 Å². The fraction of sp³-hybridized carbons (Fsp3) is 0.0714. The minimum absolute atomic E-state index is 0.185. The zero-order chi connectivity index (χ0) is 12.5. The van der Waals surface area contributed by atoms with Gasteiger partial charge in [0.25, 0.3) is 0 Å². The number of hydrogen-bond acceptors (Lipinski definition) is 3. The summed E-state index contributed by atoms with van der Waals surface area (Å²) < 4.78 is 1.05. The summed E-state index contributed by atoms with van der Waals surface area (Å²) in [5.74, 6) is 0. The highest BCUT2D eigenvalue weighted by Crippen LogP contribution is 2.29. The van der Waals surface area contributed by atoms with Crippen LogP contribution < -0.4 is 5.73 Å². The van der Waals surface area contributed by atoms with Crippen LogP contribution in [0.15, 0.2) is 51.6 Å². The van der Waals surface area contributed by atoms with Crippen LogP contribution in [0, 0.1) is 0 Å². The number of fused-ring (bicyclic) bond motifs is 1. The van der Waals surface area contributed by atoms with Gasteiger partial charge in [-0.3, -0.25) is 4.98 Å². The Kier molecular flexibility index (Phi) is 3.16. The summed E-state index contributed by atoms with van der Waals surface area (Å²) in [7, 11) is 0. The van der Waals surface area contributed by atoms with E-state index in [0.717, 1.165) is 26.6 Å². The third-order valence-corrected chi connectivity index (χ3v) is 4.67. The first kappa shape index (κ1) is 11.8. The lowest BCUT2D eigenvalue weighted by molar-refractivity contribution is 0.836. The normalized spacial score (nSPS) is 12.8. The van der Waals surface area contributed by atoms with Gasteiger partial charge in [0.05, 0.1) is 17.3 Å². The van der Waals surface area contributed by atoms with E-state index in [1.165, 1.54) is 0 Å². The van der Waals surface area contributed by atoms with E-state index in [9.17, 15) is 0 Å². The number of benzene rings is 1. The zero-order valence-corrected chi connectivity index (χ0v) is 11.9. The maximum atomic E-state index is 6.27. The topological polar surface area (TPSA) is 38.9 Å². The number of nitrogens with zero attached hydrogens (tertiary/aromatic N) is 1. The van der Waals surface area contributed by atoms with Crippen molar-refractivity contribution in [3.8, 4) is 0 Å². The lowest BCUT2D eigenvalue weighted by Crippen LogP contribution is -2.13. The highest BCUT2D eigenvalue weighted by molar-refractivity contribution is 9.10. The smallest absolute Gasteiger partial charge is 0.0745 e. The molecule has 0 spiro atoms. The van der Waals surface area contributed by atoms with Gasteiger partial charge in [0.1, 0.15) is 0 Å². The Labute approximate surface area is 118 Å². The molecule has 0 amide bonds. The largest absolute Gasteiger partial charge is 0.319 e. The molecule has 1 unspecified atom stereocenters. The van der Waals surface area contributed by atoms with Gasteiger partial charge in [-0.15, -0.1) is 0 Å². The molecule has 2 aromatic heterocycles. The van der Waals surface area contributed by atoms with Crippen molar-refractivity contribution in [2.24, 2.45) is 5.73 Å². The average Bonchev–Trinajstić information content (AvgIpc) is 2.83. The maximum absolute atomic E-state index is 6.27. The molecule has 0 saturated carbocycles. The molecule has 0 bridgehead atoms. The van der Waals surface area contributed by atoms with Crippen LogP contribution in [0.25, 0.3) is 10.9 Å². The SMILES string of the molecule is NC(c1ccc2ccccc2n1)c1cscc1Br. The summed E-state index contributed by atoms with van der Waals surface area (Å²) in [6.07, 6.45) is 0. The zero-order valence-electron chi connectivity index (χ0n) is 9.51. The summed E-state index contributed by atoms with van der Waals surface area (Å²) in [5.41, 5.74) is 9.23. The molecule has 3 rings (SSSR count). The molecule has 2 nitrogen and oxygen atoms in total. The van der Waals surface area contributed by atoms with Crippen molar-refractivity contribution >= 4 is 38.2 Å². The molecular formula is C14H11BrN2S. The number of nitrogens with two attached hydrogens (primary N) is 1. The molecule has 0 aliphatic carbocycles. The van der Waals surface area contributed by atoms with Crippen molar-refractivity contribution in [1.29, 1.82) is 0 Å². The molecule has 0 saturated heterocycles. The number of thiophene rings is 1. The Morgan fingerprint density at radius 3 is 2.72 bits per heavy atom. The Balaban J connectivity index is 2.07. The minimum atomic E-state index is -0.185. The summed E-state index contributed by atoms with van der Waals surface area (Å²) >= 11 is 5.15. The standard InChI is InChI=1S/C14H11BrN2S/c15-11-8-18-7-10(11)14(16)13-6-5-9-3-1-2-4-12(9)17-13/h1-8,14H,16H2. The second-order valence-corrected chi connectivity index (χ2v) is 5.68. The van der Waals surface area contributed by atoms with Crippen molar-refractivity contribution < 1.29 is 0 Å². The van der Waals surface area contributed by atoms with Crippen LogP contribution >= 0.6 is 27.3 Å². The van der Waals surface area contributed by atoms with Crippen molar-refractivity contribution in [2.45, 2.75) is 6.04 Å². The molecule has 0 aliphatic heterocycles. The van der Waals surface area contributed by atoms with E-state index in [1.807, 2.05) is 29.6 Å². The van der Waals surface area contributed by atoms with Gasteiger partial charge in [-0.25, -0.2) is 0 Å². The first-order valence-corrected chi connectivity index (χ1v) is 7.32. The van der Waals surface area contributed by atoms with E-state index in [4.69, 9.17) is 5.73 Å². The van der Waals surface area contributed by atoms with E-state index in [0.29, 0.717) is 0 Å². The molecule has 2 N–H and O–H groups in total. The maximum Gasteiger partial charge on any atom is 0.0745 e. The Morgan fingerprint density at radius 1 is 1.11 bits per heavy atom. The van der Waals surface area contributed by atoms with Gasteiger partial charge in [0.15, 0.2) is 0 Å². The first-order valence-electron chi connectivity index (χ1n) is 5.58. The van der Waals surface area contributed by atoms with Crippen LogP contribution in [-0.4, -0.2) is 4.98 Å². The summed E-state index contributed by atoms with van der Waals surface area (Å²) in [5, 5.41) is 5.24. The van der Waals surface area contributed by atoms with Gasteiger partial charge in [0, 0.05) is 15.2 Å². The van der Waals surface area contributed by atoms with Crippen LogP contribution in [0.3, 0.4) is 0 Å². The summed E-state index contributed by atoms with van der Waals surface area (Å²) in [4.78, 5) is 4.63. The quantitative estimate of drug-likeness (QED) is 0.772. The summed E-state index contributed by atoms with van der Waals surface area (Å²) in [6.45, 7) is 0. The molecule has 3 aromatic rings. The molecule has 1 atom stereocenters. The number of aromatic nitrogens is 1. The number of para-hydroxylation sites is 1. The minimum Gasteiger partial charge on any atom is -0.319 e. The molecular weight excluding hydrogens is 308 g/mol. The van der Waals surface area contributed by atoms with Crippen LogP contribution in [0.2, 0.25) is 0 Å². The van der Waals surface area contributed by atoms with Crippen LogP contribution in [0.1, 0.15) is 17.3 Å². The number of pyridine rings is 1. The van der Waals surface area contributed by atoms with E-state index < -0.39 is 0 Å². The average molecular weight is 319 g/mol. The van der Waals surface area contributed by atoms with Gasteiger partial charge in [-0.05, 0) is 39.0 Å². The Bertz CT molecular complexity index is 693. The predicted octanol–water partition coefficient (Wildman–Crippen LogP) is 4.11. The van der Waals surface area contributed by atoms with Gasteiger partial charge < -0.3 is 5.73 Å². The third-order valence-electron chi connectivity index (χ3n) is 2.92. The molecule has 0 aliphatic rings. The number of hydrogen-bond donors (Lipinski definition) is 1. The number of halogens is 1. The molecule has 4 heteroatoms. The van der Waals surface area contributed by atoms with Crippen molar-refractivity contribution in [1.82, 2.24) is 4.98 Å². The van der Waals surface area contributed by atoms with E-state index >= 15 is 0 Å². The van der Waals surface area contributed by atoms with E-state index in [1.54, 1.807) is 11.3 Å². The fourth-order valence-corrected chi connectivity index (χ4v) is 3.51. The highest BCUT2D eigenvalue weighted by Gasteiger charge is 2.14. The third kappa shape index (κ3) is 2.07. The van der Waals surface area contributed by atoms with Gasteiger partial charge in [0.2, 0.25) is 0 Å². The van der Waals surface area contributed by atoms with Crippen LogP contribution in [0.4, 0.5) is 0 Å². The van der Waals surface area contributed by atoms with Crippen molar-refractivity contribution in [3.63, 3.8) is 0 Å². The van der Waals surface area contributed by atoms with Crippen molar-refractivity contribution in [2.75, 3.05) is 0 Å². The lowest BCUT2D eigenvalue weighted by atomic mass is 10.1. The highest BCUT2D eigenvalue weighted by atomic mass is 79.9. The molecule has 90 valence electrons. The van der Waals surface area contributed by atoms with Crippen LogP contribution in [0.5, 0.6) is 0 Å². The first-order chi connectivity index (χ1) is 8.75. The fourth-order valence-electron chi connectivity index (χ4n) is 1.93. The van der Waals surface area contributed by atoms with Crippen LogP contribution in [-0.2, 0) is 0 Å². The molecule has 1 aromatic carbocycles. The predicted molar refractivity (Wildman–Crippen MR) is 79.8 cm³/mol. The molecule has 2 heterocycles. The van der Waals surface area contributed by atoms with Gasteiger partial charge >= 0.3 is 0 Å². The monoisotopic (exact) mass is 318 g/mol.